The van der Waals surface area contributed by atoms with E-state index in [0.717, 1.165) is 35.2 Å². The zero-order chi connectivity index (χ0) is 21.8. The molecule has 1 fully saturated rings. The molecule has 0 bridgehead atoms. The van der Waals surface area contributed by atoms with Crippen LogP contribution in [0.15, 0.2) is 51.7 Å². The third kappa shape index (κ3) is 4.76. The normalized spacial score (nSPS) is 17.7. The van der Waals surface area contributed by atoms with E-state index in [1.54, 1.807) is 13.1 Å². The second kappa shape index (κ2) is 9.29. The quantitative estimate of drug-likeness (QED) is 0.660. The fraction of sp³-hybridized carbons (Fsp3) is 0.375. The highest BCUT2D eigenvalue weighted by molar-refractivity contribution is 5.84. The summed E-state index contributed by atoms with van der Waals surface area (Å²) < 4.78 is 12.3. The largest absolute Gasteiger partial charge is 0.419 e. The number of aryl methyl sites for hydroxylation is 1. The predicted octanol–water partition coefficient (Wildman–Crippen LogP) is 2.82. The average molecular weight is 419 g/mol. The molecule has 7 heteroatoms. The highest BCUT2D eigenvalue weighted by Crippen LogP contribution is 2.25. The van der Waals surface area contributed by atoms with E-state index in [9.17, 15) is 14.9 Å². The van der Waals surface area contributed by atoms with Crippen LogP contribution in [0.3, 0.4) is 0 Å². The van der Waals surface area contributed by atoms with Crippen molar-refractivity contribution in [2.45, 2.75) is 25.4 Å². The minimum absolute atomic E-state index is 0.0170. The van der Waals surface area contributed by atoms with Crippen molar-refractivity contribution < 1.29 is 13.9 Å². The number of hydrogen-bond acceptors (Lipinski definition) is 6. The first-order chi connectivity index (χ1) is 15.0. The monoisotopic (exact) mass is 419 g/mol. The van der Waals surface area contributed by atoms with Gasteiger partial charge in [-0.05, 0) is 48.2 Å². The van der Waals surface area contributed by atoms with Crippen molar-refractivity contribution in [1.82, 2.24) is 9.88 Å². The molecule has 3 aromatic rings. The number of ketones is 1. The molecule has 1 saturated heterocycles. The molecule has 0 amide bonds. The van der Waals surface area contributed by atoms with Crippen LogP contribution in [-0.4, -0.2) is 36.2 Å². The predicted molar refractivity (Wildman–Crippen MR) is 117 cm³/mol. The molecule has 160 valence electrons. The summed E-state index contributed by atoms with van der Waals surface area (Å²) in [5.41, 5.74) is 4.27. The van der Waals surface area contributed by atoms with Crippen LogP contribution in [0.25, 0.3) is 22.2 Å². The number of benzene rings is 2. The van der Waals surface area contributed by atoms with Gasteiger partial charge in [0.2, 0.25) is 0 Å². The molecule has 2 atom stereocenters. The van der Waals surface area contributed by atoms with Gasteiger partial charge in [0.05, 0.1) is 17.5 Å². The fourth-order valence-electron chi connectivity index (χ4n) is 3.88. The number of nitriles is 1. The highest BCUT2D eigenvalue weighted by atomic mass is 16.5. The molecule has 2 heterocycles. The molecular formula is C24H25N3O4. The molecule has 1 N–H and O–H groups in total. The Labute approximate surface area is 180 Å². The van der Waals surface area contributed by atoms with Gasteiger partial charge in [0.15, 0.2) is 11.4 Å². The number of aromatic nitrogens is 1. The minimum atomic E-state index is -0.463. The number of nitrogens with zero attached hydrogens (tertiary/aromatic N) is 2. The second-order valence-electron chi connectivity index (χ2n) is 7.92. The van der Waals surface area contributed by atoms with E-state index in [1.165, 1.54) is 4.57 Å². The number of Topliss-reactive ketones (excluding diaryl/α,β-unsaturated/α-hetero) is 1. The highest BCUT2D eigenvalue weighted by Gasteiger charge is 2.24. The van der Waals surface area contributed by atoms with Gasteiger partial charge in [0.25, 0.3) is 0 Å². The molecule has 7 nitrogen and oxygen atoms in total. The summed E-state index contributed by atoms with van der Waals surface area (Å²) in [6, 6.07) is 15.8. The molecule has 31 heavy (non-hydrogen) atoms. The van der Waals surface area contributed by atoms with Crippen molar-refractivity contribution in [2.75, 3.05) is 19.7 Å². The lowest BCUT2D eigenvalue weighted by Gasteiger charge is -2.16. The molecule has 0 aliphatic carbocycles. The maximum Gasteiger partial charge on any atom is 0.419 e. The Balaban J connectivity index is 1.43. The van der Waals surface area contributed by atoms with E-state index in [-0.39, 0.29) is 23.9 Å². The first kappa shape index (κ1) is 21.0. The van der Waals surface area contributed by atoms with Crippen molar-refractivity contribution in [2.24, 2.45) is 13.0 Å². The zero-order valence-electron chi connectivity index (χ0n) is 17.5. The number of rotatable bonds is 6. The SMILES string of the molecule is Cn1c(=O)oc2ccc(-c3ccc(C[C@@H](C#N)CC(=O)C4CNCCCO4)cc3)cc21. The van der Waals surface area contributed by atoms with Gasteiger partial charge in [0, 0.05) is 26.6 Å². The van der Waals surface area contributed by atoms with Gasteiger partial charge < -0.3 is 14.5 Å². The van der Waals surface area contributed by atoms with E-state index in [1.807, 2.05) is 36.4 Å². The maximum atomic E-state index is 12.5. The van der Waals surface area contributed by atoms with Gasteiger partial charge in [-0.25, -0.2) is 4.79 Å². The molecule has 2 aromatic carbocycles. The first-order valence-corrected chi connectivity index (χ1v) is 10.5. The second-order valence-corrected chi connectivity index (χ2v) is 7.92. The van der Waals surface area contributed by atoms with Gasteiger partial charge in [-0.3, -0.25) is 9.36 Å². The minimum Gasteiger partial charge on any atom is -0.408 e. The van der Waals surface area contributed by atoms with Gasteiger partial charge in [-0.2, -0.15) is 5.26 Å². The van der Waals surface area contributed by atoms with Gasteiger partial charge in [0.1, 0.15) is 6.10 Å². The Morgan fingerprint density at radius 1 is 1.26 bits per heavy atom. The van der Waals surface area contributed by atoms with Crippen LogP contribution in [0.1, 0.15) is 18.4 Å². The van der Waals surface area contributed by atoms with Crippen molar-refractivity contribution in [1.29, 1.82) is 5.26 Å². The van der Waals surface area contributed by atoms with E-state index < -0.39 is 6.10 Å². The maximum absolute atomic E-state index is 12.5. The molecular weight excluding hydrogens is 394 g/mol. The number of ether oxygens (including phenoxy) is 1. The van der Waals surface area contributed by atoms with E-state index in [0.29, 0.717) is 25.2 Å². The molecule has 1 aliphatic heterocycles. The molecule has 4 rings (SSSR count). The molecule has 1 unspecified atom stereocenters. The lowest BCUT2D eigenvalue weighted by atomic mass is 9.93. The summed E-state index contributed by atoms with van der Waals surface area (Å²) in [7, 11) is 1.68. The van der Waals surface area contributed by atoms with Gasteiger partial charge >= 0.3 is 5.76 Å². The number of fused-ring (bicyclic) bond motifs is 1. The number of carbonyl (C=O) groups excluding carboxylic acids is 1. The zero-order valence-corrected chi connectivity index (χ0v) is 17.5. The van der Waals surface area contributed by atoms with Crippen molar-refractivity contribution in [3.63, 3.8) is 0 Å². The lowest BCUT2D eigenvalue weighted by molar-refractivity contribution is -0.130. The van der Waals surface area contributed by atoms with Crippen LogP contribution < -0.4 is 11.1 Å². The van der Waals surface area contributed by atoms with Crippen LogP contribution in [0.5, 0.6) is 0 Å². The third-order valence-electron chi connectivity index (χ3n) is 5.70. The third-order valence-corrected chi connectivity index (χ3v) is 5.70. The van der Waals surface area contributed by atoms with Crippen LogP contribution in [0.4, 0.5) is 0 Å². The van der Waals surface area contributed by atoms with Crippen molar-refractivity contribution in [3.05, 3.63) is 58.6 Å². The van der Waals surface area contributed by atoms with Crippen LogP contribution in [-0.2, 0) is 23.0 Å². The van der Waals surface area contributed by atoms with Gasteiger partial charge in [-0.15, -0.1) is 0 Å². The Bertz CT molecular complexity index is 1160. The molecule has 0 radical (unpaired) electrons. The number of nitrogens with one attached hydrogen (secondary N) is 1. The van der Waals surface area contributed by atoms with Gasteiger partial charge in [-0.1, -0.05) is 30.3 Å². The van der Waals surface area contributed by atoms with Crippen molar-refractivity contribution in [3.8, 4) is 17.2 Å². The van der Waals surface area contributed by atoms with E-state index in [2.05, 4.69) is 11.4 Å². The standard InChI is InChI=1S/C24H25N3O4/c1-27-20-13-19(7-8-22(20)31-24(27)29)18-5-3-16(4-6-18)11-17(14-25)12-21(28)23-15-26-9-2-10-30-23/h3-8,13,17,23,26H,2,9-12,15H2,1H3/t17-,23?/m1/s1. The summed E-state index contributed by atoms with van der Waals surface area (Å²) >= 11 is 0. The van der Waals surface area contributed by atoms with E-state index >= 15 is 0 Å². The number of carbonyl (C=O) groups is 1. The van der Waals surface area contributed by atoms with E-state index in [4.69, 9.17) is 9.15 Å². The number of hydrogen-bond donors (Lipinski definition) is 1. The average Bonchev–Trinajstić information content (AvgIpc) is 2.96. The Kier molecular flexibility index (Phi) is 6.31. The molecule has 0 spiro atoms. The summed E-state index contributed by atoms with van der Waals surface area (Å²) in [5.74, 6) is -0.789. The Morgan fingerprint density at radius 3 is 2.81 bits per heavy atom. The van der Waals surface area contributed by atoms with Crippen LogP contribution >= 0.6 is 0 Å². The smallest absolute Gasteiger partial charge is 0.408 e. The lowest BCUT2D eigenvalue weighted by Crippen LogP contribution is -2.34. The Morgan fingerprint density at radius 2 is 2.03 bits per heavy atom. The molecule has 1 aromatic heterocycles. The molecule has 1 aliphatic rings. The summed E-state index contributed by atoms with van der Waals surface area (Å²) in [6.45, 7) is 1.93. The molecule has 0 saturated carbocycles. The fourth-order valence-corrected chi connectivity index (χ4v) is 3.88. The van der Waals surface area contributed by atoms with Crippen LogP contribution in [0.2, 0.25) is 0 Å². The number of oxazole rings is 1. The summed E-state index contributed by atoms with van der Waals surface area (Å²) in [5, 5.41) is 12.8. The summed E-state index contributed by atoms with van der Waals surface area (Å²) in [4.78, 5) is 24.2. The topological polar surface area (TPSA) is 97.3 Å². The summed E-state index contributed by atoms with van der Waals surface area (Å²) in [6.07, 6.45) is 1.13. The van der Waals surface area contributed by atoms with Crippen LogP contribution in [0, 0.1) is 17.2 Å². The first-order valence-electron chi connectivity index (χ1n) is 10.5. The van der Waals surface area contributed by atoms with Crippen molar-refractivity contribution >= 4 is 16.9 Å². The Hall–Kier alpha value is -3.21.